The smallest absolute Gasteiger partial charge is 0.323 e. The Hall–Kier alpha value is -1.17. The van der Waals surface area contributed by atoms with Gasteiger partial charge in [0.2, 0.25) is 0 Å². The first-order chi connectivity index (χ1) is 6.02. The van der Waals surface area contributed by atoms with Gasteiger partial charge in [-0.25, -0.2) is 4.98 Å². The molecule has 0 atom stereocenters. The van der Waals surface area contributed by atoms with Crippen molar-refractivity contribution in [3.05, 3.63) is 26.8 Å². The van der Waals surface area contributed by atoms with Gasteiger partial charge in [0.15, 0.2) is 4.60 Å². The van der Waals surface area contributed by atoms with Crippen molar-refractivity contribution in [2.75, 3.05) is 0 Å². The van der Waals surface area contributed by atoms with Crippen molar-refractivity contribution < 1.29 is 9.90 Å². The minimum absolute atomic E-state index is 0.124. The van der Waals surface area contributed by atoms with E-state index in [0.29, 0.717) is 5.69 Å². The largest absolute Gasteiger partial charge is 0.480 e. The Bertz CT molecular complexity index is 399. The standard InChI is InChI=1S/C7H7BrN2O3/c1-4-2-9-6(8)7(13)10(4)3-5(11)12/h2H,3H2,1H3,(H,11,12). The molecule has 70 valence electrons. The normalized spacial score (nSPS) is 10.0. The molecule has 5 nitrogen and oxygen atoms in total. The topological polar surface area (TPSA) is 72.2 Å². The van der Waals surface area contributed by atoms with Crippen molar-refractivity contribution in [1.82, 2.24) is 9.55 Å². The van der Waals surface area contributed by atoms with E-state index in [1.54, 1.807) is 6.92 Å². The fraction of sp³-hybridized carbons (Fsp3) is 0.286. The quantitative estimate of drug-likeness (QED) is 0.820. The van der Waals surface area contributed by atoms with E-state index in [-0.39, 0.29) is 11.1 Å². The van der Waals surface area contributed by atoms with Crippen LogP contribution in [0.2, 0.25) is 0 Å². The van der Waals surface area contributed by atoms with Crippen LogP contribution in [0.1, 0.15) is 5.69 Å². The zero-order valence-electron chi connectivity index (χ0n) is 6.82. The number of carbonyl (C=O) groups is 1. The molecular formula is C7H7BrN2O3. The van der Waals surface area contributed by atoms with E-state index in [1.165, 1.54) is 6.20 Å². The minimum Gasteiger partial charge on any atom is -0.480 e. The zero-order chi connectivity index (χ0) is 10.0. The third-order valence-electron chi connectivity index (χ3n) is 1.51. The monoisotopic (exact) mass is 246 g/mol. The maximum atomic E-state index is 11.3. The van der Waals surface area contributed by atoms with E-state index in [0.717, 1.165) is 4.57 Å². The molecule has 1 aromatic rings. The van der Waals surface area contributed by atoms with Crippen LogP contribution in [0.5, 0.6) is 0 Å². The highest BCUT2D eigenvalue weighted by atomic mass is 79.9. The highest BCUT2D eigenvalue weighted by molar-refractivity contribution is 9.10. The molecule has 1 N–H and O–H groups in total. The average Bonchev–Trinajstić information content (AvgIpc) is 2.05. The van der Waals surface area contributed by atoms with Crippen LogP contribution in [0.15, 0.2) is 15.6 Å². The average molecular weight is 247 g/mol. The summed E-state index contributed by atoms with van der Waals surface area (Å²) in [4.78, 5) is 25.4. The number of carboxylic acids is 1. The van der Waals surface area contributed by atoms with E-state index in [1.807, 2.05) is 0 Å². The van der Waals surface area contributed by atoms with Gasteiger partial charge in [-0.05, 0) is 22.9 Å². The highest BCUT2D eigenvalue weighted by Crippen LogP contribution is 1.99. The van der Waals surface area contributed by atoms with E-state index in [4.69, 9.17) is 5.11 Å². The number of hydrogen-bond acceptors (Lipinski definition) is 3. The van der Waals surface area contributed by atoms with Gasteiger partial charge in [0.25, 0.3) is 5.56 Å². The summed E-state index contributed by atoms with van der Waals surface area (Å²) in [5.74, 6) is -1.05. The number of hydrogen-bond donors (Lipinski definition) is 1. The van der Waals surface area contributed by atoms with Gasteiger partial charge in [0.05, 0.1) is 0 Å². The first-order valence-corrected chi connectivity index (χ1v) is 4.25. The van der Waals surface area contributed by atoms with Crippen LogP contribution in [0.3, 0.4) is 0 Å². The van der Waals surface area contributed by atoms with Gasteiger partial charge in [0.1, 0.15) is 6.54 Å². The number of carboxylic acid groups (broad SMARTS) is 1. The van der Waals surface area contributed by atoms with Crippen molar-refractivity contribution in [2.24, 2.45) is 0 Å². The second kappa shape index (κ2) is 3.69. The summed E-state index contributed by atoms with van der Waals surface area (Å²) < 4.78 is 1.26. The molecule has 1 aromatic heterocycles. The fourth-order valence-electron chi connectivity index (χ4n) is 0.878. The van der Waals surface area contributed by atoms with Crippen molar-refractivity contribution in [1.29, 1.82) is 0 Å². The number of aryl methyl sites for hydroxylation is 1. The summed E-state index contributed by atoms with van der Waals surface area (Å²) in [6.07, 6.45) is 1.44. The van der Waals surface area contributed by atoms with Crippen molar-refractivity contribution >= 4 is 21.9 Å². The Labute approximate surface area is 82.2 Å². The summed E-state index contributed by atoms with van der Waals surface area (Å²) in [6.45, 7) is 1.29. The van der Waals surface area contributed by atoms with Crippen LogP contribution >= 0.6 is 15.9 Å². The first-order valence-electron chi connectivity index (χ1n) is 3.46. The third kappa shape index (κ3) is 2.15. The van der Waals surface area contributed by atoms with Gasteiger partial charge in [-0.3, -0.25) is 14.2 Å². The summed E-state index contributed by atoms with van der Waals surface area (Å²) in [5, 5.41) is 8.51. The first kappa shape index (κ1) is 9.91. The number of aromatic nitrogens is 2. The zero-order valence-corrected chi connectivity index (χ0v) is 8.41. The number of nitrogens with zero attached hydrogens (tertiary/aromatic N) is 2. The molecule has 0 aliphatic rings. The summed E-state index contributed by atoms with van der Waals surface area (Å²) in [6, 6.07) is 0. The Morgan fingerprint density at radius 2 is 2.38 bits per heavy atom. The maximum absolute atomic E-state index is 11.3. The Morgan fingerprint density at radius 3 is 2.92 bits per heavy atom. The van der Waals surface area contributed by atoms with Crippen molar-refractivity contribution in [2.45, 2.75) is 13.5 Å². The molecular weight excluding hydrogens is 240 g/mol. The molecule has 1 rings (SSSR count). The van der Waals surface area contributed by atoms with Crippen LogP contribution in [-0.2, 0) is 11.3 Å². The van der Waals surface area contributed by atoms with Crippen molar-refractivity contribution in [3.8, 4) is 0 Å². The lowest BCUT2D eigenvalue weighted by molar-refractivity contribution is -0.137. The third-order valence-corrected chi connectivity index (χ3v) is 2.05. The molecule has 13 heavy (non-hydrogen) atoms. The molecule has 1 heterocycles. The van der Waals surface area contributed by atoms with Crippen LogP contribution in [0, 0.1) is 6.92 Å². The van der Waals surface area contributed by atoms with Gasteiger partial charge in [0, 0.05) is 11.9 Å². The molecule has 0 unspecified atom stereocenters. The number of halogens is 1. The summed E-state index contributed by atoms with van der Waals surface area (Å²) >= 11 is 2.93. The van der Waals surface area contributed by atoms with Crippen LogP contribution in [-0.4, -0.2) is 20.6 Å². The van der Waals surface area contributed by atoms with Gasteiger partial charge >= 0.3 is 5.97 Å². The molecule has 0 amide bonds. The molecule has 0 saturated heterocycles. The maximum Gasteiger partial charge on any atom is 0.323 e. The molecule has 0 spiro atoms. The molecule has 0 aromatic carbocycles. The second-order valence-corrected chi connectivity index (χ2v) is 3.23. The van der Waals surface area contributed by atoms with Crippen LogP contribution < -0.4 is 5.56 Å². The molecule has 6 heteroatoms. The lowest BCUT2D eigenvalue weighted by Gasteiger charge is -2.05. The van der Waals surface area contributed by atoms with E-state index in [2.05, 4.69) is 20.9 Å². The van der Waals surface area contributed by atoms with Crippen molar-refractivity contribution in [3.63, 3.8) is 0 Å². The second-order valence-electron chi connectivity index (χ2n) is 2.48. The van der Waals surface area contributed by atoms with Gasteiger partial charge in [-0.1, -0.05) is 0 Å². The highest BCUT2D eigenvalue weighted by Gasteiger charge is 2.07. The lowest BCUT2D eigenvalue weighted by atomic mass is 10.4. The SMILES string of the molecule is Cc1cnc(Br)c(=O)n1CC(=O)O. The predicted molar refractivity (Wildman–Crippen MR) is 48.6 cm³/mol. The molecule has 0 saturated carbocycles. The van der Waals surface area contributed by atoms with E-state index in [9.17, 15) is 9.59 Å². The number of aliphatic carboxylic acids is 1. The fourth-order valence-corrected chi connectivity index (χ4v) is 1.19. The Kier molecular flexibility index (Phi) is 2.82. The van der Waals surface area contributed by atoms with E-state index >= 15 is 0 Å². The lowest BCUT2D eigenvalue weighted by Crippen LogP contribution is -2.27. The molecule has 0 fully saturated rings. The predicted octanol–water partition coefficient (Wildman–Crippen LogP) is 0.399. The molecule has 0 radical (unpaired) electrons. The van der Waals surface area contributed by atoms with Crippen LogP contribution in [0.25, 0.3) is 0 Å². The summed E-state index contributed by atoms with van der Waals surface area (Å²) in [7, 11) is 0. The summed E-state index contributed by atoms with van der Waals surface area (Å²) in [5.41, 5.74) is 0.0954. The molecule has 0 bridgehead atoms. The van der Waals surface area contributed by atoms with Gasteiger partial charge < -0.3 is 5.11 Å². The Balaban J connectivity index is 3.26. The molecule has 0 aliphatic carbocycles. The van der Waals surface area contributed by atoms with Crippen LogP contribution in [0.4, 0.5) is 0 Å². The minimum atomic E-state index is -1.05. The Morgan fingerprint density at radius 1 is 1.77 bits per heavy atom. The number of rotatable bonds is 2. The molecule has 0 aliphatic heterocycles. The van der Waals surface area contributed by atoms with Gasteiger partial charge in [-0.2, -0.15) is 0 Å². The van der Waals surface area contributed by atoms with Gasteiger partial charge in [-0.15, -0.1) is 0 Å². The van der Waals surface area contributed by atoms with E-state index < -0.39 is 11.5 Å².